The Bertz CT molecular complexity index is 301. The number of hydrogen-bond donors (Lipinski definition) is 0. The molecule has 1 aromatic heterocycles. The lowest BCUT2D eigenvalue weighted by Crippen LogP contribution is -2.05. The highest BCUT2D eigenvalue weighted by Crippen LogP contribution is 2.46. The van der Waals surface area contributed by atoms with Crippen LogP contribution >= 0.6 is 11.3 Å². The monoisotopic (exact) mass is 181 g/mol. The molecule has 0 bridgehead atoms. The summed E-state index contributed by atoms with van der Waals surface area (Å²) < 4.78 is 0. The van der Waals surface area contributed by atoms with Crippen LogP contribution in [0.25, 0.3) is 0 Å². The second-order valence-corrected chi connectivity index (χ2v) is 4.84. The van der Waals surface area contributed by atoms with Crippen LogP contribution in [0.4, 0.5) is 0 Å². The van der Waals surface area contributed by atoms with Gasteiger partial charge in [-0.05, 0) is 19.8 Å². The number of carbonyl (C=O) groups is 1. The Hall–Kier alpha value is -0.700. The standard InChI is InChI=1S/C9H11NOS/c1-7-5-10-8(12-7)4-9(6-11)2-3-9/h5-6H,2-4H2,1H3. The average molecular weight is 181 g/mol. The molecule has 0 N–H and O–H groups in total. The molecule has 0 unspecified atom stereocenters. The topological polar surface area (TPSA) is 30.0 Å². The largest absolute Gasteiger partial charge is 0.303 e. The Morgan fingerprint density at radius 1 is 1.75 bits per heavy atom. The summed E-state index contributed by atoms with van der Waals surface area (Å²) in [5, 5.41) is 1.11. The van der Waals surface area contributed by atoms with Crippen molar-refractivity contribution in [2.45, 2.75) is 26.2 Å². The molecule has 0 spiro atoms. The van der Waals surface area contributed by atoms with Crippen molar-refractivity contribution in [3.05, 3.63) is 16.1 Å². The van der Waals surface area contributed by atoms with Gasteiger partial charge in [-0.1, -0.05) is 0 Å². The molecule has 1 aliphatic rings. The molecule has 0 saturated heterocycles. The Morgan fingerprint density at radius 3 is 2.92 bits per heavy atom. The summed E-state index contributed by atoms with van der Waals surface area (Å²) >= 11 is 1.70. The lowest BCUT2D eigenvalue weighted by Gasteiger charge is -2.01. The van der Waals surface area contributed by atoms with Crippen molar-refractivity contribution in [3.63, 3.8) is 0 Å². The molecule has 0 amide bonds. The molecule has 64 valence electrons. The quantitative estimate of drug-likeness (QED) is 0.667. The third kappa shape index (κ3) is 1.41. The minimum atomic E-state index is -0.0235. The van der Waals surface area contributed by atoms with Gasteiger partial charge in [0, 0.05) is 22.9 Å². The van der Waals surface area contributed by atoms with E-state index in [2.05, 4.69) is 4.98 Å². The fraction of sp³-hybridized carbons (Fsp3) is 0.556. The molecule has 3 heteroatoms. The Morgan fingerprint density at radius 2 is 2.50 bits per heavy atom. The number of aldehydes is 1. The maximum absolute atomic E-state index is 10.7. The smallest absolute Gasteiger partial charge is 0.126 e. The Balaban J connectivity index is 2.08. The molecular weight excluding hydrogens is 170 g/mol. The van der Waals surface area contributed by atoms with Gasteiger partial charge in [-0.3, -0.25) is 0 Å². The molecule has 0 aliphatic heterocycles. The van der Waals surface area contributed by atoms with E-state index in [1.807, 2.05) is 13.1 Å². The van der Waals surface area contributed by atoms with Crippen molar-refractivity contribution in [1.82, 2.24) is 4.98 Å². The summed E-state index contributed by atoms with van der Waals surface area (Å²) in [6, 6.07) is 0. The first-order valence-corrected chi connectivity index (χ1v) is 4.93. The lowest BCUT2D eigenvalue weighted by molar-refractivity contribution is -0.112. The highest BCUT2D eigenvalue weighted by atomic mass is 32.1. The SMILES string of the molecule is Cc1cnc(CC2(C=O)CC2)s1. The third-order valence-corrected chi connectivity index (χ3v) is 3.23. The van der Waals surface area contributed by atoms with Crippen molar-refractivity contribution >= 4 is 17.6 Å². The molecule has 12 heavy (non-hydrogen) atoms. The number of aryl methyl sites for hydroxylation is 1. The van der Waals surface area contributed by atoms with Gasteiger partial charge in [0.2, 0.25) is 0 Å². The van der Waals surface area contributed by atoms with E-state index in [1.54, 1.807) is 11.3 Å². The first-order valence-electron chi connectivity index (χ1n) is 4.12. The van der Waals surface area contributed by atoms with Crippen molar-refractivity contribution in [1.29, 1.82) is 0 Å². The van der Waals surface area contributed by atoms with Crippen LogP contribution < -0.4 is 0 Å². The predicted octanol–water partition coefficient (Wildman–Crippen LogP) is 1.97. The number of carbonyl (C=O) groups excluding carboxylic acids is 1. The van der Waals surface area contributed by atoms with E-state index < -0.39 is 0 Å². The van der Waals surface area contributed by atoms with Gasteiger partial charge in [-0.15, -0.1) is 11.3 Å². The summed E-state index contributed by atoms with van der Waals surface area (Å²) in [6.07, 6.45) is 5.93. The summed E-state index contributed by atoms with van der Waals surface area (Å²) in [6.45, 7) is 2.04. The fourth-order valence-corrected chi connectivity index (χ4v) is 2.22. The molecule has 2 rings (SSSR count). The Labute approximate surface area is 75.6 Å². The van der Waals surface area contributed by atoms with Crippen LogP contribution in [-0.2, 0) is 11.2 Å². The Kier molecular flexibility index (Phi) is 1.76. The third-order valence-electron chi connectivity index (χ3n) is 2.31. The number of nitrogens with zero attached hydrogens (tertiary/aromatic N) is 1. The van der Waals surface area contributed by atoms with Gasteiger partial charge in [0.1, 0.15) is 6.29 Å². The zero-order chi connectivity index (χ0) is 8.60. The molecule has 2 nitrogen and oxygen atoms in total. The van der Waals surface area contributed by atoms with E-state index in [-0.39, 0.29) is 5.41 Å². The summed E-state index contributed by atoms with van der Waals surface area (Å²) in [5.74, 6) is 0. The van der Waals surface area contributed by atoms with Gasteiger partial charge < -0.3 is 4.79 Å². The first-order chi connectivity index (χ1) is 5.74. The number of thiazole rings is 1. The minimum Gasteiger partial charge on any atom is -0.303 e. The van der Waals surface area contributed by atoms with E-state index in [0.29, 0.717) is 0 Å². The van der Waals surface area contributed by atoms with Gasteiger partial charge in [0.15, 0.2) is 0 Å². The summed E-state index contributed by atoms with van der Waals surface area (Å²) in [4.78, 5) is 16.2. The van der Waals surface area contributed by atoms with Crippen molar-refractivity contribution in [2.75, 3.05) is 0 Å². The second kappa shape index (κ2) is 2.66. The van der Waals surface area contributed by atoms with Gasteiger partial charge in [-0.2, -0.15) is 0 Å². The average Bonchev–Trinajstić information content (AvgIpc) is 2.71. The van der Waals surface area contributed by atoms with Crippen LogP contribution in [0.2, 0.25) is 0 Å². The predicted molar refractivity (Wildman–Crippen MR) is 48.3 cm³/mol. The van der Waals surface area contributed by atoms with Crippen molar-refractivity contribution in [2.24, 2.45) is 5.41 Å². The van der Waals surface area contributed by atoms with Crippen LogP contribution in [0.15, 0.2) is 6.20 Å². The van der Waals surface area contributed by atoms with Crippen molar-refractivity contribution < 1.29 is 4.79 Å². The normalized spacial score (nSPS) is 19.1. The highest BCUT2D eigenvalue weighted by Gasteiger charge is 2.43. The molecule has 1 aliphatic carbocycles. The molecular formula is C9H11NOS. The van der Waals surface area contributed by atoms with Crippen LogP contribution in [-0.4, -0.2) is 11.3 Å². The van der Waals surface area contributed by atoms with Gasteiger partial charge >= 0.3 is 0 Å². The number of rotatable bonds is 3. The molecule has 1 heterocycles. The number of hydrogen-bond acceptors (Lipinski definition) is 3. The van der Waals surface area contributed by atoms with Crippen molar-refractivity contribution in [3.8, 4) is 0 Å². The maximum Gasteiger partial charge on any atom is 0.126 e. The molecule has 1 saturated carbocycles. The van der Waals surface area contributed by atoms with E-state index in [1.165, 1.54) is 4.88 Å². The lowest BCUT2D eigenvalue weighted by atomic mass is 10.1. The van der Waals surface area contributed by atoms with E-state index in [0.717, 1.165) is 30.6 Å². The maximum atomic E-state index is 10.7. The van der Waals surface area contributed by atoms with Gasteiger partial charge in [-0.25, -0.2) is 4.98 Å². The van der Waals surface area contributed by atoms with Crippen LogP contribution in [0.3, 0.4) is 0 Å². The van der Waals surface area contributed by atoms with E-state index >= 15 is 0 Å². The molecule has 0 radical (unpaired) electrons. The zero-order valence-corrected chi connectivity index (χ0v) is 7.86. The molecule has 0 aromatic carbocycles. The first kappa shape index (κ1) is 7.92. The molecule has 0 atom stereocenters. The van der Waals surface area contributed by atoms with E-state index in [4.69, 9.17) is 0 Å². The van der Waals surface area contributed by atoms with Crippen LogP contribution in [0.1, 0.15) is 22.7 Å². The number of aromatic nitrogens is 1. The van der Waals surface area contributed by atoms with E-state index in [9.17, 15) is 4.79 Å². The van der Waals surface area contributed by atoms with Gasteiger partial charge in [0.05, 0.1) is 5.01 Å². The molecule has 1 aromatic rings. The van der Waals surface area contributed by atoms with Crippen LogP contribution in [0.5, 0.6) is 0 Å². The summed E-state index contributed by atoms with van der Waals surface area (Å²) in [7, 11) is 0. The second-order valence-electron chi connectivity index (χ2n) is 3.52. The minimum absolute atomic E-state index is 0.0235. The fourth-order valence-electron chi connectivity index (χ4n) is 1.28. The molecule has 1 fully saturated rings. The highest BCUT2D eigenvalue weighted by molar-refractivity contribution is 7.11. The van der Waals surface area contributed by atoms with Gasteiger partial charge in [0.25, 0.3) is 0 Å². The summed E-state index contributed by atoms with van der Waals surface area (Å²) in [5.41, 5.74) is -0.0235. The van der Waals surface area contributed by atoms with Crippen LogP contribution in [0, 0.1) is 12.3 Å². The zero-order valence-electron chi connectivity index (χ0n) is 7.04.